The van der Waals surface area contributed by atoms with Crippen LogP contribution in [0.25, 0.3) is 0 Å². The molecular weight excluding hydrogens is 398 g/mol. The lowest BCUT2D eigenvalue weighted by molar-refractivity contribution is -0.127. The van der Waals surface area contributed by atoms with E-state index in [0.717, 1.165) is 5.56 Å². The van der Waals surface area contributed by atoms with Crippen LogP contribution < -0.4 is 10.6 Å². The number of nitrogens with zero attached hydrogens (tertiary/aromatic N) is 3. The van der Waals surface area contributed by atoms with Gasteiger partial charge in [0.25, 0.3) is 0 Å². The van der Waals surface area contributed by atoms with Crippen molar-refractivity contribution >= 4 is 18.0 Å². The van der Waals surface area contributed by atoms with E-state index in [4.69, 9.17) is 9.47 Å². The number of likely N-dealkylation sites (tertiary alicyclic amines) is 1. The van der Waals surface area contributed by atoms with Crippen molar-refractivity contribution in [2.24, 2.45) is 4.99 Å². The molecule has 1 aliphatic heterocycles. The van der Waals surface area contributed by atoms with Crippen LogP contribution >= 0.6 is 0 Å². The number of carbonyl (C=O) groups excluding carboxylic acids is 2. The molecule has 0 aliphatic carbocycles. The maximum atomic E-state index is 12.5. The molecule has 1 aromatic carbocycles. The maximum absolute atomic E-state index is 12.5. The molecule has 0 aromatic heterocycles. The van der Waals surface area contributed by atoms with Crippen molar-refractivity contribution in [3.05, 3.63) is 35.9 Å². The highest BCUT2D eigenvalue weighted by atomic mass is 16.6. The van der Waals surface area contributed by atoms with Crippen molar-refractivity contribution in [2.75, 3.05) is 40.8 Å². The Morgan fingerprint density at radius 1 is 1.19 bits per heavy atom. The Kier molecular flexibility index (Phi) is 8.67. The minimum atomic E-state index is -0.568. The SMILES string of the molecule is CO[C@H]1CN(C(=O)OC(C)(C)C)CC1NC(=NCc1ccccc1)NCC(=O)N(C)C. The second-order valence-electron chi connectivity index (χ2n) is 8.70. The largest absolute Gasteiger partial charge is 0.444 e. The van der Waals surface area contributed by atoms with Crippen molar-refractivity contribution in [3.8, 4) is 0 Å². The number of methoxy groups -OCH3 is 1. The molecule has 1 saturated heterocycles. The van der Waals surface area contributed by atoms with Crippen molar-refractivity contribution in [1.29, 1.82) is 0 Å². The number of hydrogen-bond acceptors (Lipinski definition) is 5. The van der Waals surface area contributed by atoms with Crippen molar-refractivity contribution in [3.63, 3.8) is 0 Å². The van der Waals surface area contributed by atoms with Crippen LogP contribution in [0.15, 0.2) is 35.3 Å². The van der Waals surface area contributed by atoms with E-state index < -0.39 is 5.60 Å². The third-order valence-corrected chi connectivity index (χ3v) is 4.71. The average Bonchev–Trinajstić information content (AvgIpc) is 3.12. The van der Waals surface area contributed by atoms with Gasteiger partial charge in [-0.25, -0.2) is 9.79 Å². The molecule has 1 fully saturated rings. The summed E-state index contributed by atoms with van der Waals surface area (Å²) in [4.78, 5) is 32.3. The minimum Gasteiger partial charge on any atom is -0.444 e. The predicted octanol–water partition coefficient (Wildman–Crippen LogP) is 1.44. The van der Waals surface area contributed by atoms with E-state index in [1.807, 2.05) is 51.1 Å². The Bertz CT molecular complexity index is 761. The van der Waals surface area contributed by atoms with Crippen LogP contribution in [0.1, 0.15) is 26.3 Å². The van der Waals surface area contributed by atoms with Crippen LogP contribution in [0.3, 0.4) is 0 Å². The molecule has 2 amide bonds. The Balaban J connectivity index is 2.09. The first-order valence-electron chi connectivity index (χ1n) is 10.4. The van der Waals surface area contributed by atoms with Crippen molar-refractivity contribution in [2.45, 2.75) is 45.1 Å². The van der Waals surface area contributed by atoms with E-state index in [2.05, 4.69) is 15.6 Å². The fraction of sp³-hybridized carbons (Fsp3) is 0.591. The first-order chi connectivity index (χ1) is 14.6. The lowest BCUT2D eigenvalue weighted by Gasteiger charge is -2.24. The van der Waals surface area contributed by atoms with Gasteiger partial charge < -0.3 is 29.9 Å². The third-order valence-electron chi connectivity index (χ3n) is 4.71. The monoisotopic (exact) mass is 433 g/mol. The highest BCUT2D eigenvalue weighted by molar-refractivity contribution is 5.86. The van der Waals surface area contributed by atoms with Crippen LogP contribution in [-0.2, 0) is 20.8 Å². The van der Waals surface area contributed by atoms with E-state index in [0.29, 0.717) is 25.6 Å². The van der Waals surface area contributed by atoms with Gasteiger partial charge in [-0.05, 0) is 26.3 Å². The number of rotatable bonds is 6. The second-order valence-corrected chi connectivity index (χ2v) is 8.70. The summed E-state index contributed by atoms with van der Waals surface area (Å²) in [6, 6.07) is 9.64. The number of aliphatic imine (C=N–C) groups is 1. The van der Waals surface area contributed by atoms with E-state index in [1.165, 1.54) is 4.90 Å². The summed E-state index contributed by atoms with van der Waals surface area (Å²) in [7, 11) is 5.02. The van der Waals surface area contributed by atoms with Crippen molar-refractivity contribution in [1.82, 2.24) is 20.4 Å². The molecule has 9 heteroatoms. The minimum absolute atomic E-state index is 0.0701. The molecule has 1 aliphatic rings. The normalized spacial score (nSPS) is 19.2. The molecule has 0 saturated carbocycles. The number of hydrogen-bond donors (Lipinski definition) is 2. The molecule has 2 atom stereocenters. The number of likely N-dealkylation sites (N-methyl/N-ethyl adjacent to an activating group) is 1. The summed E-state index contributed by atoms with van der Waals surface area (Å²) in [5.41, 5.74) is 0.481. The predicted molar refractivity (Wildman–Crippen MR) is 120 cm³/mol. The van der Waals surface area contributed by atoms with Gasteiger partial charge in [0.1, 0.15) is 5.60 Å². The van der Waals surface area contributed by atoms with Crippen LogP contribution in [0.4, 0.5) is 4.79 Å². The zero-order valence-electron chi connectivity index (χ0n) is 19.3. The molecule has 31 heavy (non-hydrogen) atoms. The smallest absolute Gasteiger partial charge is 0.410 e. The molecule has 0 spiro atoms. The number of carbonyl (C=O) groups is 2. The zero-order valence-corrected chi connectivity index (χ0v) is 19.3. The number of nitrogens with one attached hydrogen (secondary N) is 2. The number of guanidine groups is 1. The van der Waals surface area contributed by atoms with E-state index in [1.54, 1.807) is 26.1 Å². The molecule has 0 bridgehead atoms. The highest BCUT2D eigenvalue weighted by Crippen LogP contribution is 2.17. The molecule has 2 N–H and O–H groups in total. The number of benzene rings is 1. The van der Waals surface area contributed by atoms with Gasteiger partial charge in [0.2, 0.25) is 5.91 Å². The molecule has 1 unspecified atom stereocenters. The van der Waals surface area contributed by atoms with Crippen LogP contribution in [0.5, 0.6) is 0 Å². The van der Waals surface area contributed by atoms with Gasteiger partial charge in [-0.1, -0.05) is 30.3 Å². The first-order valence-corrected chi connectivity index (χ1v) is 10.4. The summed E-state index contributed by atoms with van der Waals surface area (Å²) in [5, 5.41) is 6.41. The Labute approximate surface area is 184 Å². The van der Waals surface area contributed by atoms with Gasteiger partial charge in [0.15, 0.2) is 5.96 Å². The molecular formula is C22H35N5O4. The Hall–Kier alpha value is -2.81. The topological polar surface area (TPSA) is 95.5 Å². The van der Waals surface area contributed by atoms with Crippen LogP contribution in [-0.4, -0.2) is 86.3 Å². The van der Waals surface area contributed by atoms with Crippen molar-refractivity contribution < 1.29 is 19.1 Å². The van der Waals surface area contributed by atoms with E-state index in [-0.39, 0.29) is 30.7 Å². The lowest BCUT2D eigenvalue weighted by atomic mass is 10.2. The first kappa shape index (κ1) is 24.5. The highest BCUT2D eigenvalue weighted by Gasteiger charge is 2.38. The number of amides is 2. The molecule has 2 rings (SSSR count). The standard InChI is InChI=1S/C22H35N5O4/c1-22(2,3)31-21(29)27-14-17(18(15-27)30-6)25-20(24-13-19(28)26(4)5)23-12-16-10-8-7-9-11-16/h7-11,17-18H,12-15H2,1-6H3,(H2,23,24,25)/t17?,18-/m0/s1. The third kappa shape index (κ3) is 8.09. The second kappa shape index (κ2) is 11.0. The summed E-state index contributed by atoms with van der Waals surface area (Å²) in [6.07, 6.45) is -0.613. The van der Waals surface area contributed by atoms with E-state index in [9.17, 15) is 9.59 Å². The van der Waals surface area contributed by atoms with Crippen LogP contribution in [0.2, 0.25) is 0 Å². The fourth-order valence-electron chi connectivity index (χ4n) is 3.03. The maximum Gasteiger partial charge on any atom is 0.410 e. The molecule has 1 heterocycles. The summed E-state index contributed by atoms with van der Waals surface area (Å²) >= 11 is 0. The van der Waals surface area contributed by atoms with Gasteiger partial charge in [0, 0.05) is 27.7 Å². The molecule has 0 radical (unpaired) electrons. The van der Waals surface area contributed by atoms with Crippen LogP contribution in [0, 0.1) is 0 Å². The fourth-order valence-corrected chi connectivity index (χ4v) is 3.03. The molecule has 172 valence electrons. The average molecular weight is 434 g/mol. The molecule has 1 aromatic rings. The Morgan fingerprint density at radius 3 is 2.45 bits per heavy atom. The van der Waals surface area contributed by atoms with Gasteiger partial charge in [0.05, 0.1) is 31.8 Å². The zero-order chi connectivity index (χ0) is 23.0. The van der Waals surface area contributed by atoms with Gasteiger partial charge in [-0.15, -0.1) is 0 Å². The summed E-state index contributed by atoms with van der Waals surface area (Å²) in [6.45, 7) is 6.88. The van der Waals surface area contributed by atoms with Gasteiger partial charge >= 0.3 is 6.09 Å². The van der Waals surface area contributed by atoms with E-state index >= 15 is 0 Å². The van der Waals surface area contributed by atoms with Gasteiger partial charge in [-0.3, -0.25) is 4.79 Å². The number of ether oxygens (including phenoxy) is 2. The summed E-state index contributed by atoms with van der Waals surface area (Å²) in [5.74, 6) is 0.413. The quantitative estimate of drug-likeness (QED) is 0.521. The Morgan fingerprint density at radius 2 is 1.87 bits per heavy atom. The van der Waals surface area contributed by atoms with Gasteiger partial charge in [-0.2, -0.15) is 0 Å². The molecule has 9 nitrogen and oxygen atoms in total. The summed E-state index contributed by atoms with van der Waals surface area (Å²) < 4.78 is 11.1. The lowest BCUT2D eigenvalue weighted by Crippen LogP contribution is -2.51.